The fraction of sp³-hybridized carbons (Fsp3) is 0.421. The number of fused-ring (bicyclic) bond motifs is 1. The largest absolute Gasteiger partial charge is 0.455 e. The highest BCUT2D eigenvalue weighted by Crippen LogP contribution is 2.31. The van der Waals surface area contributed by atoms with Gasteiger partial charge in [-0.1, -0.05) is 12.1 Å². The average Bonchev–Trinajstić information content (AvgIpc) is 3.05. The molecule has 1 aromatic carbocycles. The fourth-order valence-corrected chi connectivity index (χ4v) is 3.33. The Balaban J connectivity index is 1.87. The molecular formula is C19H19NO9. The van der Waals surface area contributed by atoms with E-state index >= 15 is 0 Å². The van der Waals surface area contributed by atoms with Gasteiger partial charge in [0.25, 0.3) is 11.8 Å². The van der Waals surface area contributed by atoms with E-state index in [4.69, 9.17) is 18.9 Å². The molecule has 0 aromatic heterocycles. The summed E-state index contributed by atoms with van der Waals surface area (Å²) in [5, 5.41) is 0. The van der Waals surface area contributed by atoms with Crippen molar-refractivity contribution in [3.05, 3.63) is 35.4 Å². The summed E-state index contributed by atoms with van der Waals surface area (Å²) in [4.78, 5) is 60.6. The minimum Gasteiger partial charge on any atom is -0.455 e. The zero-order chi connectivity index (χ0) is 21.3. The third-order valence-corrected chi connectivity index (χ3v) is 4.39. The van der Waals surface area contributed by atoms with Crippen LogP contribution in [-0.4, -0.2) is 65.8 Å². The molecule has 3 rings (SSSR count). The lowest BCUT2D eigenvalue weighted by atomic mass is 10.1. The molecular weight excluding hydrogens is 386 g/mol. The molecule has 2 heterocycles. The lowest BCUT2D eigenvalue weighted by molar-refractivity contribution is -0.195. The summed E-state index contributed by atoms with van der Waals surface area (Å²) >= 11 is 0. The highest BCUT2D eigenvalue weighted by Gasteiger charge is 2.53. The Kier molecular flexibility index (Phi) is 5.64. The second kappa shape index (κ2) is 8.00. The highest BCUT2D eigenvalue weighted by atomic mass is 16.7. The van der Waals surface area contributed by atoms with E-state index in [-0.39, 0.29) is 17.7 Å². The zero-order valence-electron chi connectivity index (χ0n) is 15.9. The predicted molar refractivity (Wildman–Crippen MR) is 93.3 cm³/mol. The van der Waals surface area contributed by atoms with Crippen LogP contribution >= 0.6 is 0 Å². The highest BCUT2D eigenvalue weighted by molar-refractivity contribution is 6.21. The van der Waals surface area contributed by atoms with Gasteiger partial charge in [-0.15, -0.1) is 0 Å². The first-order valence-electron chi connectivity index (χ1n) is 8.81. The first-order valence-corrected chi connectivity index (χ1v) is 8.81. The van der Waals surface area contributed by atoms with Crippen molar-refractivity contribution in [3.8, 4) is 0 Å². The molecule has 2 amide bonds. The molecule has 0 radical (unpaired) electrons. The van der Waals surface area contributed by atoms with Gasteiger partial charge in [0.1, 0.15) is 6.10 Å². The van der Waals surface area contributed by atoms with Crippen molar-refractivity contribution in [3.63, 3.8) is 0 Å². The summed E-state index contributed by atoms with van der Waals surface area (Å²) in [5.41, 5.74) is 0.486. The van der Waals surface area contributed by atoms with Crippen LogP contribution in [0.2, 0.25) is 0 Å². The van der Waals surface area contributed by atoms with Crippen LogP contribution < -0.4 is 0 Å². The third-order valence-electron chi connectivity index (χ3n) is 4.39. The Morgan fingerprint density at radius 3 is 1.83 bits per heavy atom. The minimum atomic E-state index is -1.36. The summed E-state index contributed by atoms with van der Waals surface area (Å²) in [5.74, 6) is -3.19. The topological polar surface area (TPSA) is 126 Å². The van der Waals surface area contributed by atoms with Gasteiger partial charge >= 0.3 is 17.9 Å². The summed E-state index contributed by atoms with van der Waals surface area (Å²) in [7, 11) is 0. The molecule has 0 saturated carbocycles. The second-order valence-electron chi connectivity index (χ2n) is 6.57. The van der Waals surface area contributed by atoms with Gasteiger partial charge in [-0.3, -0.25) is 28.9 Å². The molecule has 29 heavy (non-hydrogen) atoms. The van der Waals surface area contributed by atoms with E-state index in [2.05, 4.69) is 0 Å². The summed E-state index contributed by atoms with van der Waals surface area (Å²) in [6.45, 7) is 3.11. The van der Waals surface area contributed by atoms with Crippen molar-refractivity contribution < 1.29 is 42.9 Å². The van der Waals surface area contributed by atoms with Gasteiger partial charge < -0.3 is 18.9 Å². The van der Waals surface area contributed by atoms with Crippen LogP contribution in [0.3, 0.4) is 0 Å². The van der Waals surface area contributed by atoms with Crippen LogP contribution in [0, 0.1) is 0 Å². The van der Waals surface area contributed by atoms with Crippen LogP contribution in [0.5, 0.6) is 0 Å². The molecule has 10 heteroatoms. The van der Waals surface area contributed by atoms with Crippen molar-refractivity contribution in [2.24, 2.45) is 0 Å². The molecule has 154 valence electrons. The Labute approximate surface area is 165 Å². The number of hydrogen-bond acceptors (Lipinski definition) is 9. The molecule has 1 unspecified atom stereocenters. The average molecular weight is 405 g/mol. The van der Waals surface area contributed by atoms with Gasteiger partial charge in [-0.2, -0.15) is 0 Å². The van der Waals surface area contributed by atoms with E-state index in [9.17, 15) is 24.0 Å². The van der Waals surface area contributed by atoms with E-state index < -0.39 is 54.3 Å². The van der Waals surface area contributed by atoms with Gasteiger partial charge in [0.2, 0.25) is 12.4 Å². The van der Waals surface area contributed by atoms with Gasteiger partial charge in [0.05, 0.1) is 17.7 Å². The first-order chi connectivity index (χ1) is 13.7. The fourth-order valence-electron chi connectivity index (χ4n) is 3.33. The lowest BCUT2D eigenvalue weighted by Gasteiger charge is -2.24. The Morgan fingerprint density at radius 2 is 1.34 bits per heavy atom. The van der Waals surface area contributed by atoms with E-state index in [1.807, 2.05) is 0 Å². The van der Waals surface area contributed by atoms with Crippen molar-refractivity contribution in [2.75, 3.05) is 6.54 Å². The number of carbonyl (C=O) groups is 5. The predicted octanol–water partition coefficient (Wildman–Crippen LogP) is 0.434. The molecule has 4 atom stereocenters. The van der Waals surface area contributed by atoms with Crippen molar-refractivity contribution in [1.29, 1.82) is 0 Å². The smallest absolute Gasteiger partial charge is 0.305 e. The van der Waals surface area contributed by atoms with E-state index in [1.165, 1.54) is 12.1 Å². The normalized spacial score (nSPS) is 25.6. The van der Waals surface area contributed by atoms with Crippen LogP contribution in [0.25, 0.3) is 0 Å². The van der Waals surface area contributed by atoms with Gasteiger partial charge in [-0.05, 0) is 12.1 Å². The number of imide groups is 1. The molecule has 10 nitrogen and oxygen atoms in total. The molecule has 0 aliphatic carbocycles. The first kappa shape index (κ1) is 20.5. The summed E-state index contributed by atoms with van der Waals surface area (Å²) in [6, 6.07) is 6.32. The van der Waals surface area contributed by atoms with E-state index in [0.717, 1.165) is 25.7 Å². The Morgan fingerprint density at radius 1 is 0.862 bits per heavy atom. The Hall–Kier alpha value is -3.27. The maximum absolute atomic E-state index is 12.6. The van der Waals surface area contributed by atoms with E-state index in [1.54, 1.807) is 12.1 Å². The van der Waals surface area contributed by atoms with E-state index in [0.29, 0.717) is 0 Å². The molecule has 1 fully saturated rings. The number of esters is 3. The minimum absolute atomic E-state index is 0.243. The van der Waals surface area contributed by atoms with Crippen LogP contribution in [-0.2, 0) is 33.3 Å². The van der Waals surface area contributed by atoms with Crippen LogP contribution in [0.1, 0.15) is 41.5 Å². The Bertz CT molecular complexity index is 845. The number of carbonyl (C=O) groups excluding carboxylic acids is 5. The maximum atomic E-state index is 12.6. The molecule has 2 aliphatic rings. The lowest BCUT2D eigenvalue weighted by Crippen LogP contribution is -2.45. The molecule has 0 N–H and O–H groups in total. The number of benzene rings is 1. The van der Waals surface area contributed by atoms with Gasteiger partial charge in [0, 0.05) is 20.8 Å². The van der Waals surface area contributed by atoms with Crippen molar-refractivity contribution >= 4 is 29.7 Å². The zero-order valence-corrected chi connectivity index (χ0v) is 15.9. The molecule has 2 aliphatic heterocycles. The number of hydrogen-bond donors (Lipinski definition) is 0. The van der Waals surface area contributed by atoms with Crippen molar-refractivity contribution in [2.45, 2.75) is 45.4 Å². The SMILES string of the molecule is CC(=O)OC1O[C@H](CN2C(=O)c3ccccc3C2=O)[C@@H](OC(C)=O)[C@H]1OC(C)=O. The monoisotopic (exact) mass is 405 g/mol. The molecule has 1 saturated heterocycles. The summed E-state index contributed by atoms with van der Waals surface area (Å²) < 4.78 is 21.0. The van der Waals surface area contributed by atoms with Gasteiger partial charge in [0.15, 0.2) is 6.10 Å². The number of amides is 2. The standard InChI is InChI=1S/C19H19NO9/c1-9(21)26-15-14(29-19(28-11(3)23)16(15)27-10(2)22)8-20-17(24)12-6-4-5-7-13(12)18(20)25/h4-7,14-16,19H,8H2,1-3H3/t14-,15-,16-,19?/m1/s1. The quantitative estimate of drug-likeness (QED) is 0.389. The number of rotatable bonds is 5. The molecule has 1 aromatic rings. The number of nitrogens with zero attached hydrogens (tertiary/aromatic N) is 1. The van der Waals surface area contributed by atoms with Crippen LogP contribution in [0.4, 0.5) is 0 Å². The summed E-state index contributed by atoms with van der Waals surface area (Å²) in [6.07, 6.45) is -4.87. The molecule has 0 bridgehead atoms. The number of ether oxygens (including phenoxy) is 4. The third kappa shape index (κ3) is 4.11. The van der Waals surface area contributed by atoms with Gasteiger partial charge in [-0.25, -0.2) is 0 Å². The van der Waals surface area contributed by atoms with Crippen molar-refractivity contribution in [1.82, 2.24) is 4.90 Å². The van der Waals surface area contributed by atoms with Crippen LogP contribution in [0.15, 0.2) is 24.3 Å². The molecule has 0 spiro atoms. The maximum Gasteiger partial charge on any atom is 0.305 e. The second-order valence-corrected chi connectivity index (χ2v) is 6.57.